The molecule has 0 N–H and O–H groups in total. The number of rotatable bonds is 5. The van der Waals surface area contributed by atoms with Crippen LogP contribution in [0.1, 0.15) is 6.42 Å². The monoisotopic (exact) mass is 310 g/mol. The van der Waals surface area contributed by atoms with Crippen LogP contribution in [0.25, 0.3) is 0 Å². The minimum atomic E-state index is -0.560. The Kier molecular flexibility index (Phi) is 4.42. The fourth-order valence-corrected chi connectivity index (χ4v) is 2.64. The van der Waals surface area contributed by atoms with E-state index in [1.807, 2.05) is 0 Å². The fourth-order valence-electron chi connectivity index (χ4n) is 2.35. The molecule has 1 aliphatic rings. The van der Waals surface area contributed by atoms with E-state index in [2.05, 4.69) is 11.6 Å². The Bertz CT molecular complexity index is 593. The van der Waals surface area contributed by atoms with E-state index >= 15 is 0 Å². The number of aromatic nitrogens is 1. The predicted molar refractivity (Wildman–Crippen MR) is 79.5 cm³/mol. The molecule has 1 atom stereocenters. The highest BCUT2D eigenvalue weighted by Gasteiger charge is 2.35. The highest BCUT2D eigenvalue weighted by molar-refractivity contribution is 6.33. The van der Waals surface area contributed by atoms with Crippen LogP contribution in [0.5, 0.6) is 0 Å². The van der Waals surface area contributed by atoms with E-state index in [9.17, 15) is 14.9 Å². The summed E-state index contributed by atoms with van der Waals surface area (Å²) >= 11 is 6.04. The van der Waals surface area contributed by atoms with Crippen molar-refractivity contribution in [1.29, 1.82) is 0 Å². The van der Waals surface area contributed by atoms with Gasteiger partial charge < -0.3 is 9.80 Å². The standard InChI is InChI=1S/C13H15ClN4O3/c1-3-5-17-6-4-11(13(17)19)16(2)12-10(14)7-9(8-15-12)18(20)21/h3,7-8,11H,1,4-6H2,2H3. The number of hydrogen-bond acceptors (Lipinski definition) is 5. The van der Waals surface area contributed by atoms with Gasteiger partial charge in [0.25, 0.3) is 5.69 Å². The number of nitrogens with zero attached hydrogens (tertiary/aromatic N) is 4. The molecule has 2 rings (SSSR count). The highest BCUT2D eigenvalue weighted by Crippen LogP contribution is 2.29. The molecule has 112 valence electrons. The number of carbonyl (C=O) groups is 1. The average Bonchev–Trinajstić information content (AvgIpc) is 2.80. The summed E-state index contributed by atoms with van der Waals surface area (Å²) < 4.78 is 0. The third-order valence-corrected chi connectivity index (χ3v) is 3.72. The second kappa shape index (κ2) is 6.09. The first-order valence-electron chi connectivity index (χ1n) is 6.38. The van der Waals surface area contributed by atoms with Gasteiger partial charge >= 0.3 is 0 Å². The number of halogens is 1. The summed E-state index contributed by atoms with van der Waals surface area (Å²) in [6.07, 6.45) is 3.47. The van der Waals surface area contributed by atoms with Crippen LogP contribution in [0, 0.1) is 10.1 Å². The smallest absolute Gasteiger partial charge is 0.289 e. The molecular formula is C13H15ClN4O3. The summed E-state index contributed by atoms with van der Waals surface area (Å²) in [5.74, 6) is 0.342. The molecule has 1 saturated heterocycles. The zero-order valence-electron chi connectivity index (χ0n) is 11.5. The van der Waals surface area contributed by atoms with Crippen LogP contribution in [0.4, 0.5) is 11.5 Å². The van der Waals surface area contributed by atoms with Gasteiger partial charge in [-0.15, -0.1) is 6.58 Å². The largest absolute Gasteiger partial charge is 0.346 e. The van der Waals surface area contributed by atoms with Crippen molar-refractivity contribution in [3.63, 3.8) is 0 Å². The van der Waals surface area contributed by atoms with E-state index in [0.717, 1.165) is 6.20 Å². The van der Waals surface area contributed by atoms with Crippen molar-refractivity contribution in [2.24, 2.45) is 0 Å². The molecule has 0 aromatic carbocycles. The molecule has 1 fully saturated rings. The van der Waals surface area contributed by atoms with E-state index in [-0.39, 0.29) is 22.7 Å². The third-order valence-electron chi connectivity index (χ3n) is 3.44. The van der Waals surface area contributed by atoms with Crippen LogP contribution in [-0.2, 0) is 4.79 Å². The second-order valence-electron chi connectivity index (χ2n) is 4.74. The zero-order valence-corrected chi connectivity index (χ0v) is 12.3. The molecule has 2 heterocycles. The first-order valence-corrected chi connectivity index (χ1v) is 6.76. The van der Waals surface area contributed by atoms with E-state index in [1.165, 1.54) is 6.07 Å². The van der Waals surface area contributed by atoms with Crippen LogP contribution in [-0.4, -0.2) is 46.9 Å². The molecule has 8 heteroatoms. The normalized spacial score (nSPS) is 17.9. The van der Waals surface area contributed by atoms with Gasteiger partial charge in [0.1, 0.15) is 18.1 Å². The minimum Gasteiger partial charge on any atom is -0.346 e. The van der Waals surface area contributed by atoms with Gasteiger partial charge in [0.15, 0.2) is 0 Å². The second-order valence-corrected chi connectivity index (χ2v) is 5.15. The molecular weight excluding hydrogens is 296 g/mol. The summed E-state index contributed by atoms with van der Waals surface area (Å²) in [7, 11) is 1.71. The summed E-state index contributed by atoms with van der Waals surface area (Å²) in [4.78, 5) is 29.8. The van der Waals surface area contributed by atoms with Crippen molar-refractivity contribution in [1.82, 2.24) is 9.88 Å². The first-order chi connectivity index (χ1) is 9.95. The van der Waals surface area contributed by atoms with Gasteiger partial charge in [-0.1, -0.05) is 17.7 Å². The molecule has 0 saturated carbocycles. The molecule has 0 bridgehead atoms. The van der Waals surface area contributed by atoms with Gasteiger partial charge in [0.05, 0.1) is 9.95 Å². The Morgan fingerprint density at radius 2 is 2.43 bits per heavy atom. The Balaban J connectivity index is 2.21. The lowest BCUT2D eigenvalue weighted by Gasteiger charge is -2.25. The molecule has 1 unspecified atom stereocenters. The van der Waals surface area contributed by atoms with E-state index in [4.69, 9.17) is 11.6 Å². The van der Waals surface area contributed by atoms with E-state index in [0.29, 0.717) is 25.3 Å². The average molecular weight is 311 g/mol. The number of likely N-dealkylation sites (N-methyl/N-ethyl adjacent to an activating group) is 1. The lowest BCUT2D eigenvalue weighted by molar-refractivity contribution is -0.385. The molecule has 0 aliphatic carbocycles. The number of hydrogen-bond donors (Lipinski definition) is 0. The summed E-state index contributed by atoms with van der Waals surface area (Å²) in [6.45, 7) is 4.77. The quantitative estimate of drug-likeness (QED) is 0.471. The van der Waals surface area contributed by atoms with Crippen molar-refractivity contribution < 1.29 is 9.72 Å². The van der Waals surface area contributed by atoms with Gasteiger partial charge in [0.2, 0.25) is 5.91 Å². The SMILES string of the molecule is C=CCN1CCC(N(C)c2ncc([N+](=O)[O-])cc2Cl)C1=O. The molecule has 7 nitrogen and oxygen atoms in total. The van der Waals surface area contributed by atoms with Gasteiger partial charge in [-0.2, -0.15) is 0 Å². The van der Waals surface area contributed by atoms with Crippen molar-refractivity contribution in [3.8, 4) is 0 Å². The Morgan fingerprint density at radius 1 is 1.71 bits per heavy atom. The maximum Gasteiger partial charge on any atom is 0.289 e. The molecule has 1 aromatic rings. The number of carbonyl (C=O) groups excluding carboxylic acids is 1. The predicted octanol–water partition coefficient (Wildman–Crippen LogP) is 1.87. The van der Waals surface area contributed by atoms with E-state index in [1.54, 1.807) is 22.9 Å². The first kappa shape index (κ1) is 15.2. The number of likely N-dealkylation sites (tertiary alicyclic amines) is 1. The minimum absolute atomic E-state index is 0.0198. The maximum atomic E-state index is 12.3. The van der Waals surface area contributed by atoms with Crippen LogP contribution >= 0.6 is 11.6 Å². The maximum absolute atomic E-state index is 12.3. The van der Waals surface area contributed by atoms with Gasteiger partial charge in [0, 0.05) is 26.2 Å². The van der Waals surface area contributed by atoms with Gasteiger partial charge in [-0.25, -0.2) is 4.98 Å². The number of anilines is 1. The highest BCUT2D eigenvalue weighted by atomic mass is 35.5. The molecule has 1 amide bonds. The fraction of sp³-hybridized carbons (Fsp3) is 0.385. The van der Waals surface area contributed by atoms with Gasteiger partial charge in [-0.05, 0) is 6.42 Å². The van der Waals surface area contributed by atoms with Crippen molar-refractivity contribution in [2.45, 2.75) is 12.5 Å². The molecule has 0 spiro atoms. The van der Waals surface area contributed by atoms with Crippen molar-refractivity contribution in [3.05, 3.63) is 40.1 Å². The third kappa shape index (κ3) is 2.97. The van der Waals surface area contributed by atoms with E-state index < -0.39 is 4.92 Å². The number of nitro groups is 1. The van der Waals surface area contributed by atoms with Crippen LogP contribution < -0.4 is 4.90 Å². The van der Waals surface area contributed by atoms with Crippen LogP contribution in [0.3, 0.4) is 0 Å². The number of amides is 1. The van der Waals surface area contributed by atoms with Crippen molar-refractivity contribution in [2.75, 3.05) is 25.0 Å². The lowest BCUT2D eigenvalue weighted by atomic mass is 10.2. The molecule has 0 radical (unpaired) electrons. The number of pyridine rings is 1. The van der Waals surface area contributed by atoms with Crippen molar-refractivity contribution >= 4 is 29.0 Å². The Hall–Kier alpha value is -2.15. The van der Waals surface area contributed by atoms with Crippen LogP contribution in [0.15, 0.2) is 24.9 Å². The Labute approximate surface area is 127 Å². The Morgan fingerprint density at radius 3 is 3.00 bits per heavy atom. The topological polar surface area (TPSA) is 79.6 Å². The van der Waals surface area contributed by atoms with Crippen LogP contribution in [0.2, 0.25) is 5.02 Å². The molecule has 21 heavy (non-hydrogen) atoms. The van der Waals surface area contributed by atoms with Gasteiger partial charge in [-0.3, -0.25) is 14.9 Å². The summed E-state index contributed by atoms with van der Waals surface area (Å²) in [5, 5.41) is 10.8. The summed E-state index contributed by atoms with van der Waals surface area (Å²) in [5.41, 5.74) is -0.178. The zero-order chi connectivity index (χ0) is 15.6. The molecule has 1 aromatic heterocycles. The molecule has 1 aliphatic heterocycles. The lowest BCUT2D eigenvalue weighted by Crippen LogP contribution is -2.40. The summed E-state index contributed by atoms with van der Waals surface area (Å²) in [6, 6.07) is 0.873.